The lowest BCUT2D eigenvalue weighted by Crippen LogP contribution is -2.08. The molecule has 0 amide bonds. The number of rotatable bonds is 6. The molecule has 6 heteroatoms. The van der Waals surface area contributed by atoms with Crippen molar-refractivity contribution in [2.75, 3.05) is 30.8 Å². The number of nitrogens with one attached hydrogen (secondary N) is 1. The Bertz CT molecular complexity index is 485. The summed E-state index contributed by atoms with van der Waals surface area (Å²) in [5.41, 5.74) is 6.55. The van der Waals surface area contributed by atoms with E-state index >= 15 is 0 Å². The summed E-state index contributed by atoms with van der Waals surface area (Å²) in [6.45, 7) is 4.34. The molecule has 0 aliphatic rings. The molecule has 2 heterocycles. The van der Waals surface area contributed by atoms with Crippen molar-refractivity contribution in [3.8, 4) is 0 Å². The second-order valence-corrected chi connectivity index (χ2v) is 4.46. The zero-order valence-corrected chi connectivity index (χ0v) is 10.6. The highest BCUT2D eigenvalue weighted by molar-refractivity contribution is 7.17. The largest absolute Gasteiger partial charge is 0.382 e. The zero-order chi connectivity index (χ0) is 12.1. The minimum atomic E-state index is 0.309. The summed E-state index contributed by atoms with van der Waals surface area (Å²) in [6.07, 6.45) is 0.949. The topological polar surface area (TPSA) is 73.1 Å². The van der Waals surface area contributed by atoms with E-state index < -0.39 is 0 Å². The average molecular weight is 252 g/mol. The van der Waals surface area contributed by atoms with Gasteiger partial charge in [-0.25, -0.2) is 4.98 Å². The Kier molecular flexibility index (Phi) is 4.11. The van der Waals surface area contributed by atoms with Crippen LogP contribution in [0.15, 0.2) is 11.4 Å². The summed E-state index contributed by atoms with van der Waals surface area (Å²) in [5, 5.41) is 5.26. The van der Waals surface area contributed by atoms with Crippen molar-refractivity contribution in [1.29, 1.82) is 0 Å². The van der Waals surface area contributed by atoms with E-state index in [1.54, 1.807) is 11.3 Å². The van der Waals surface area contributed by atoms with E-state index in [-0.39, 0.29) is 0 Å². The highest BCUT2D eigenvalue weighted by Crippen LogP contribution is 2.26. The third kappa shape index (κ3) is 3.04. The molecule has 0 atom stereocenters. The summed E-state index contributed by atoms with van der Waals surface area (Å²) in [7, 11) is 0. The van der Waals surface area contributed by atoms with Gasteiger partial charge in [-0.3, -0.25) is 0 Å². The fourth-order valence-electron chi connectivity index (χ4n) is 1.53. The monoisotopic (exact) mass is 252 g/mol. The highest BCUT2D eigenvalue weighted by atomic mass is 32.1. The van der Waals surface area contributed by atoms with Crippen molar-refractivity contribution < 1.29 is 4.74 Å². The number of nitrogen functional groups attached to an aromatic ring is 1. The number of nitrogens with zero attached hydrogens (tertiary/aromatic N) is 2. The molecule has 0 aliphatic heterocycles. The Morgan fingerprint density at radius 1 is 1.47 bits per heavy atom. The van der Waals surface area contributed by atoms with E-state index in [0.29, 0.717) is 5.95 Å². The lowest BCUT2D eigenvalue weighted by molar-refractivity contribution is 0.147. The standard InChI is InChI=1S/C11H16N4OS/c1-2-16-6-3-5-13-10-9-8(4-7-17-9)14-11(12)15-10/h4,7H,2-3,5-6H2,1H3,(H3,12,13,14,15). The van der Waals surface area contributed by atoms with E-state index in [1.165, 1.54) is 0 Å². The van der Waals surface area contributed by atoms with Gasteiger partial charge in [0, 0.05) is 19.8 Å². The maximum absolute atomic E-state index is 5.65. The number of hydrogen-bond acceptors (Lipinski definition) is 6. The molecule has 2 aromatic heterocycles. The number of nitrogens with two attached hydrogens (primary N) is 1. The molecule has 0 fully saturated rings. The predicted octanol–water partition coefficient (Wildman–Crippen LogP) is 2.11. The van der Waals surface area contributed by atoms with Crippen molar-refractivity contribution in [3.05, 3.63) is 11.4 Å². The van der Waals surface area contributed by atoms with Crippen LogP contribution in [-0.2, 0) is 4.74 Å². The SMILES string of the molecule is CCOCCCNc1nc(N)nc2ccsc12. The molecule has 92 valence electrons. The van der Waals surface area contributed by atoms with Gasteiger partial charge in [0.15, 0.2) is 0 Å². The first kappa shape index (κ1) is 12.1. The number of fused-ring (bicyclic) bond motifs is 1. The normalized spacial score (nSPS) is 10.9. The van der Waals surface area contributed by atoms with E-state index in [2.05, 4.69) is 15.3 Å². The molecule has 5 nitrogen and oxygen atoms in total. The Morgan fingerprint density at radius 2 is 2.35 bits per heavy atom. The molecule has 0 aliphatic carbocycles. The maximum Gasteiger partial charge on any atom is 0.222 e. The molecule has 2 rings (SSSR count). The van der Waals surface area contributed by atoms with E-state index in [0.717, 1.165) is 42.2 Å². The number of thiophene rings is 1. The van der Waals surface area contributed by atoms with E-state index in [4.69, 9.17) is 10.5 Å². The smallest absolute Gasteiger partial charge is 0.222 e. The minimum Gasteiger partial charge on any atom is -0.382 e. The van der Waals surface area contributed by atoms with Crippen molar-refractivity contribution in [2.24, 2.45) is 0 Å². The molecular formula is C11H16N4OS. The summed E-state index contributed by atoms with van der Waals surface area (Å²) >= 11 is 1.62. The molecule has 0 bridgehead atoms. The van der Waals surface area contributed by atoms with Crippen LogP contribution in [0.25, 0.3) is 10.2 Å². The fraction of sp³-hybridized carbons (Fsp3) is 0.455. The Balaban J connectivity index is 2.00. The average Bonchev–Trinajstić information content (AvgIpc) is 2.76. The lowest BCUT2D eigenvalue weighted by Gasteiger charge is -2.07. The number of aromatic nitrogens is 2. The first-order valence-electron chi connectivity index (χ1n) is 5.63. The molecular weight excluding hydrogens is 236 g/mol. The molecule has 0 saturated carbocycles. The Morgan fingerprint density at radius 3 is 3.18 bits per heavy atom. The molecule has 0 radical (unpaired) electrons. The van der Waals surface area contributed by atoms with Crippen LogP contribution in [0.2, 0.25) is 0 Å². The Labute approximate surface area is 104 Å². The number of anilines is 2. The van der Waals surface area contributed by atoms with E-state index in [9.17, 15) is 0 Å². The van der Waals surface area contributed by atoms with Crippen molar-refractivity contribution in [2.45, 2.75) is 13.3 Å². The zero-order valence-electron chi connectivity index (χ0n) is 9.77. The van der Waals surface area contributed by atoms with Crippen LogP contribution in [0.1, 0.15) is 13.3 Å². The van der Waals surface area contributed by atoms with Gasteiger partial charge in [0.2, 0.25) is 5.95 Å². The molecule has 2 aromatic rings. The van der Waals surface area contributed by atoms with Crippen LogP contribution >= 0.6 is 11.3 Å². The van der Waals surface area contributed by atoms with Gasteiger partial charge in [-0.15, -0.1) is 11.3 Å². The van der Waals surface area contributed by atoms with Crippen LogP contribution in [0.5, 0.6) is 0 Å². The number of ether oxygens (including phenoxy) is 1. The van der Waals surface area contributed by atoms with Gasteiger partial charge in [-0.05, 0) is 24.8 Å². The predicted molar refractivity (Wildman–Crippen MR) is 71.4 cm³/mol. The number of hydrogen-bond donors (Lipinski definition) is 2. The van der Waals surface area contributed by atoms with Crippen LogP contribution in [0.3, 0.4) is 0 Å². The maximum atomic E-state index is 5.65. The molecule has 0 saturated heterocycles. The molecule has 0 aromatic carbocycles. The van der Waals surface area contributed by atoms with Crippen LogP contribution in [0, 0.1) is 0 Å². The second-order valence-electron chi connectivity index (χ2n) is 3.54. The van der Waals surface area contributed by atoms with Gasteiger partial charge in [-0.2, -0.15) is 4.98 Å². The summed E-state index contributed by atoms with van der Waals surface area (Å²) < 4.78 is 6.32. The van der Waals surface area contributed by atoms with Gasteiger partial charge >= 0.3 is 0 Å². The second kappa shape index (κ2) is 5.79. The molecule has 3 N–H and O–H groups in total. The third-order valence-corrected chi connectivity index (χ3v) is 3.19. The third-order valence-electron chi connectivity index (χ3n) is 2.28. The summed E-state index contributed by atoms with van der Waals surface area (Å²) in [5.74, 6) is 1.13. The quantitative estimate of drug-likeness (QED) is 0.770. The molecule has 0 spiro atoms. The van der Waals surface area contributed by atoms with Crippen LogP contribution in [0.4, 0.5) is 11.8 Å². The summed E-state index contributed by atoms with van der Waals surface area (Å²) in [4.78, 5) is 8.38. The van der Waals surface area contributed by atoms with Gasteiger partial charge in [-0.1, -0.05) is 0 Å². The molecule has 0 unspecified atom stereocenters. The lowest BCUT2D eigenvalue weighted by atomic mass is 10.4. The van der Waals surface area contributed by atoms with Gasteiger partial charge in [0.25, 0.3) is 0 Å². The molecule has 17 heavy (non-hydrogen) atoms. The minimum absolute atomic E-state index is 0.309. The van der Waals surface area contributed by atoms with Crippen molar-refractivity contribution in [1.82, 2.24) is 9.97 Å². The van der Waals surface area contributed by atoms with Crippen molar-refractivity contribution >= 4 is 33.3 Å². The van der Waals surface area contributed by atoms with Gasteiger partial charge in [0.1, 0.15) is 5.82 Å². The van der Waals surface area contributed by atoms with Gasteiger partial charge < -0.3 is 15.8 Å². The highest BCUT2D eigenvalue weighted by Gasteiger charge is 2.06. The first-order chi connectivity index (χ1) is 8.31. The van der Waals surface area contributed by atoms with Crippen molar-refractivity contribution in [3.63, 3.8) is 0 Å². The van der Waals surface area contributed by atoms with Crippen LogP contribution < -0.4 is 11.1 Å². The van der Waals surface area contributed by atoms with Gasteiger partial charge in [0.05, 0.1) is 10.2 Å². The van der Waals surface area contributed by atoms with E-state index in [1.807, 2.05) is 18.4 Å². The summed E-state index contributed by atoms with van der Waals surface area (Å²) in [6, 6.07) is 1.95. The Hall–Kier alpha value is -1.40. The first-order valence-corrected chi connectivity index (χ1v) is 6.51. The fourth-order valence-corrected chi connectivity index (χ4v) is 2.32. The van der Waals surface area contributed by atoms with Crippen LogP contribution in [-0.4, -0.2) is 29.7 Å².